The standard InChI is InChI=1S/C22H16F3N5O3S/c1-28-16-7-8-29(11-15(16)26-19(28)12-5-3-2-4-6-12)21-27-20(31)14-9-13(22(23,24)25)10-17(30(32)33)18(14)34-21/h2-6,9-10H,7-8,11H2,1H3. The predicted molar refractivity (Wildman–Crippen MR) is 121 cm³/mol. The summed E-state index contributed by atoms with van der Waals surface area (Å²) in [7, 11) is 1.93. The number of alkyl halides is 3. The van der Waals surface area contributed by atoms with Crippen molar-refractivity contribution in [3.05, 3.63) is 79.9 Å². The minimum absolute atomic E-state index is 0.134. The van der Waals surface area contributed by atoms with Crippen molar-refractivity contribution in [3.63, 3.8) is 0 Å². The van der Waals surface area contributed by atoms with Crippen molar-refractivity contribution in [1.29, 1.82) is 0 Å². The fourth-order valence-electron chi connectivity index (χ4n) is 4.11. The van der Waals surface area contributed by atoms with Crippen LogP contribution in [0.25, 0.3) is 21.5 Å². The van der Waals surface area contributed by atoms with Crippen LogP contribution in [0.1, 0.15) is 17.0 Å². The Labute approximate surface area is 194 Å². The molecule has 0 saturated heterocycles. The Kier molecular flexibility index (Phi) is 5.12. The maximum Gasteiger partial charge on any atom is 0.416 e. The zero-order valence-corrected chi connectivity index (χ0v) is 18.5. The van der Waals surface area contributed by atoms with Crippen molar-refractivity contribution in [3.8, 4) is 11.4 Å². The largest absolute Gasteiger partial charge is 0.416 e. The monoisotopic (exact) mass is 487 g/mol. The molecule has 1 aliphatic heterocycles. The van der Waals surface area contributed by atoms with Crippen LogP contribution >= 0.6 is 11.3 Å². The maximum absolute atomic E-state index is 13.2. The van der Waals surface area contributed by atoms with Gasteiger partial charge in [-0.2, -0.15) is 18.2 Å². The van der Waals surface area contributed by atoms with E-state index in [2.05, 4.69) is 4.98 Å². The van der Waals surface area contributed by atoms with E-state index in [1.807, 2.05) is 41.9 Å². The summed E-state index contributed by atoms with van der Waals surface area (Å²) in [5.41, 5.74) is -0.182. The number of rotatable bonds is 3. The first-order valence-electron chi connectivity index (χ1n) is 10.2. The van der Waals surface area contributed by atoms with Crippen LogP contribution in [0.2, 0.25) is 0 Å². The number of nitrogens with zero attached hydrogens (tertiary/aromatic N) is 5. The van der Waals surface area contributed by atoms with Gasteiger partial charge >= 0.3 is 6.18 Å². The molecule has 0 atom stereocenters. The Bertz CT molecular complexity index is 1500. The number of anilines is 1. The summed E-state index contributed by atoms with van der Waals surface area (Å²) in [4.78, 5) is 33.8. The number of imidazole rings is 1. The lowest BCUT2D eigenvalue weighted by atomic mass is 10.1. The Morgan fingerprint density at radius 1 is 1.15 bits per heavy atom. The van der Waals surface area contributed by atoms with Crippen molar-refractivity contribution in [2.45, 2.75) is 19.1 Å². The molecule has 0 unspecified atom stereocenters. The van der Waals surface area contributed by atoms with Crippen LogP contribution in [0, 0.1) is 10.1 Å². The van der Waals surface area contributed by atoms with E-state index in [1.165, 1.54) is 0 Å². The van der Waals surface area contributed by atoms with Gasteiger partial charge < -0.3 is 9.47 Å². The number of nitro benzene ring substituents is 1. The molecule has 3 heterocycles. The smallest absolute Gasteiger partial charge is 0.342 e. The van der Waals surface area contributed by atoms with E-state index >= 15 is 0 Å². The Hall–Kier alpha value is -3.80. The van der Waals surface area contributed by atoms with Gasteiger partial charge in [0.1, 0.15) is 10.5 Å². The fraction of sp³-hybridized carbons (Fsp3) is 0.227. The SMILES string of the molecule is Cn1c(-c2ccccc2)nc2c1CCN(c1nc(=O)c3cc(C(F)(F)F)cc([N+](=O)[O-])c3s1)C2. The third-order valence-corrected chi connectivity index (χ3v) is 6.94. The van der Waals surface area contributed by atoms with Gasteiger partial charge in [-0.15, -0.1) is 0 Å². The Balaban J connectivity index is 1.57. The Morgan fingerprint density at radius 3 is 2.56 bits per heavy atom. The van der Waals surface area contributed by atoms with Gasteiger partial charge in [-0.25, -0.2) is 4.98 Å². The van der Waals surface area contributed by atoms with Gasteiger partial charge in [0, 0.05) is 37.3 Å². The van der Waals surface area contributed by atoms with Crippen LogP contribution in [0.15, 0.2) is 47.3 Å². The number of fused-ring (bicyclic) bond motifs is 2. The number of hydrogen-bond donors (Lipinski definition) is 0. The molecule has 0 amide bonds. The van der Waals surface area contributed by atoms with Crippen LogP contribution in [0.4, 0.5) is 24.0 Å². The number of halogens is 3. The first kappa shape index (κ1) is 22.0. The first-order valence-corrected chi connectivity index (χ1v) is 11.0. The normalized spacial score (nSPS) is 13.8. The van der Waals surface area contributed by atoms with Gasteiger partial charge in [-0.1, -0.05) is 41.7 Å². The van der Waals surface area contributed by atoms with Gasteiger partial charge in [0.2, 0.25) is 0 Å². The van der Waals surface area contributed by atoms with Crippen LogP contribution in [-0.2, 0) is 26.2 Å². The van der Waals surface area contributed by atoms with Gasteiger partial charge in [0.15, 0.2) is 5.13 Å². The molecule has 5 rings (SSSR count). The molecule has 0 saturated carbocycles. The zero-order chi connectivity index (χ0) is 24.2. The lowest BCUT2D eigenvalue weighted by Gasteiger charge is -2.27. The number of non-ortho nitro benzene ring substituents is 1. The maximum atomic E-state index is 13.2. The highest BCUT2D eigenvalue weighted by Crippen LogP contribution is 2.39. The molecule has 0 spiro atoms. The molecule has 2 aromatic carbocycles. The van der Waals surface area contributed by atoms with Gasteiger partial charge in [-0.3, -0.25) is 14.9 Å². The van der Waals surface area contributed by atoms with E-state index in [-0.39, 0.29) is 9.83 Å². The highest BCUT2D eigenvalue weighted by Gasteiger charge is 2.34. The lowest BCUT2D eigenvalue weighted by Crippen LogP contribution is -2.32. The summed E-state index contributed by atoms with van der Waals surface area (Å²) in [5.74, 6) is 0.794. The highest BCUT2D eigenvalue weighted by molar-refractivity contribution is 7.22. The van der Waals surface area contributed by atoms with E-state index in [9.17, 15) is 28.1 Å². The van der Waals surface area contributed by atoms with Crippen molar-refractivity contribution in [2.24, 2.45) is 7.05 Å². The molecule has 2 aromatic heterocycles. The van der Waals surface area contributed by atoms with Crippen LogP contribution < -0.4 is 10.5 Å². The molecule has 0 radical (unpaired) electrons. The molecular weight excluding hydrogens is 471 g/mol. The van der Waals surface area contributed by atoms with Gasteiger partial charge in [0.05, 0.1) is 28.1 Å². The van der Waals surface area contributed by atoms with E-state index < -0.39 is 33.3 Å². The molecule has 0 aliphatic carbocycles. The third-order valence-electron chi connectivity index (χ3n) is 5.77. The second-order valence-corrected chi connectivity index (χ2v) is 8.83. The summed E-state index contributed by atoms with van der Waals surface area (Å²) < 4.78 is 41.5. The third kappa shape index (κ3) is 3.69. The first-order chi connectivity index (χ1) is 16.1. The number of benzene rings is 2. The summed E-state index contributed by atoms with van der Waals surface area (Å²) in [6.45, 7) is 0.794. The quantitative estimate of drug-likeness (QED) is 0.311. The van der Waals surface area contributed by atoms with Crippen molar-refractivity contribution >= 4 is 32.2 Å². The molecule has 0 bridgehead atoms. The summed E-state index contributed by atoms with van der Waals surface area (Å²) in [6, 6.07) is 10.7. The van der Waals surface area contributed by atoms with Crippen LogP contribution in [-0.4, -0.2) is 26.0 Å². The molecule has 34 heavy (non-hydrogen) atoms. The Morgan fingerprint density at radius 2 is 1.88 bits per heavy atom. The molecule has 8 nitrogen and oxygen atoms in total. The van der Waals surface area contributed by atoms with E-state index in [4.69, 9.17) is 4.98 Å². The molecule has 12 heteroatoms. The van der Waals surface area contributed by atoms with Gasteiger partial charge in [0.25, 0.3) is 11.2 Å². The molecule has 174 valence electrons. The fourth-order valence-corrected chi connectivity index (χ4v) is 5.20. The highest BCUT2D eigenvalue weighted by atomic mass is 32.1. The molecule has 4 aromatic rings. The summed E-state index contributed by atoms with van der Waals surface area (Å²) >= 11 is 0.835. The van der Waals surface area contributed by atoms with Crippen molar-refractivity contribution in [1.82, 2.24) is 14.5 Å². The minimum atomic E-state index is -4.83. The average Bonchev–Trinajstić information content (AvgIpc) is 3.14. The van der Waals surface area contributed by atoms with E-state index in [0.717, 1.165) is 34.1 Å². The molecule has 0 N–H and O–H groups in total. The van der Waals surface area contributed by atoms with Gasteiger partial charge in [-0.05, 0) is 6.07 Å². The number of hydrogen-bond acceptors (Lipinski definition) is 7. The summed E-state index contributed by atoms with van der Waals surface area (Å²) in [6.07, 6.45) is -4.23. The number of nitro groups is 1. The predicted octanol–water partition coefficient (Wildman–Crippen LogP) is 4.55. The van der Waals surface area contributed by atoms with Crippen LogP contribution in [0.3, 0.4) is 0 Å². The molecule has 1 aliphatic rings. The zero-order valence-electron chi connectivity index (χ0n) is 17.7. The molecule has 0 fully saturated rings. The number of aromatic nitrogens is 3. The lowest BCUT2D eigenvalue weighted by molar-refractivity contribution is -0.383. The van der Waals surface area contributed by atoms with E-state index in [1.54, 1.807) is 4.90 Å². The minimum Gasteiger partial charge on any atom is -0.342 e. The van der Waals surface area contributed by atoms with Crippen molar-refractivity contribution in [2.75, 3.05) is 11.4 Å². The van der Waals surface area contributed by atoms with Crippen LogP contribution in [0.5, 0.6) is 0 Å². The topological polar surface area (TPSA) is 94.2 Å². The average molecular weight is 487 g/mol. The second-order valence-electron chi connectivity index (χ2n) is 7.85. The summed E-state index contributed by atoms with van der Waals surface area (Å²) in [5, 5.41) is 11.3. The molecular formula is C22H16F3N5O3S. The second kappa shape index (κ2) is 7.90. The van der Waals surface area contributed by atoms with E-state index in [0.29, 0.717) is 31.6 Å². The van der Waals surface area contributed by atoms with Crippen molar-refractivity contribution < 1.29 is 18.1 Å².